The maximum atomic E-state index is 11.3. The summed E-state index contributed by atoms with van der Waals surface area (Å²) in [6.45, 7) is 0. The number of aliphatic hydroxyl groups excluding tert-OH is 1. The monoisotopic (exact) mass is 290 g/mol. The van der Waals surface area contributed by atoms with Crippen molar-refractivity contribution in [1.29, 1.82) is 0 Å². The second kappa shape index (κ2) is 6.73. The van der Waals surface area contributed by atoms with E-state index in [-0.39, 0.29) is 29.5 Å². The van der Waals surface area contributed by atoms with Crippen LogP contribution in [-0.4, -0.2) is 27.8 Å². The average molecular weight is 291 g/mol. The zero-order chi connectivity index (χ0) is 13.7. The summed E-state index contributed by atoms with van der Waals surface area (Å²) in [6.07, 6.45) is -1.72. The topological polar surface area (TPSA) is 74.6 Å². The van der Waals surface area contributed by atoms with Crippen molar-refractivity contribution in [3.63, 3.8) is 0 Å². The van der Waals surface area contributed by atoms with Gasteiger partial charge in [-0.05, 0) is 16.7 Å². The van der Waals surface area contributed by atoms with Gasteiger partial charge in [0, 0.05) is 12.3 Å². The van der Waals surface area contributed by atoms with Gasteiger partial charge in [0.2, 0.25) is 0 Å². The number of carbonyl (C=O) groups excluding carboxylic acids is 1. The van der Waals surface area contributed by atoms with Gasteiger partial charge in [-0.2, -0.15) is 0 Å². The predicted octanol–water partition coefficient (Wildman–Crippen LogP) is 1.89. The van der Waals surface area contributed by atoms with Crippen LogP contribution in [0.3, 0.4) is 0 Å². The van der Waals surface area contributed by atoms with Gasteiger partial charge in [-0.1, -0.05) is 18.2 Å². The smallest absolute Gasteiger partial charge is 0.337 e. The molecule has 0 saturated heterocycles. The third-order valence-electron chi connectivity index (χ3n) is 2.47. The van der Waals surface area contributed by atoms with E-state index in [2.05, 4.69) is 0 Å². The second-order valence-electron chi connectivity index (χ2n) is 3.71. The Morgan fingerprint density at radius 2 is 1.83 bits per heavy atom. The number of aliphatic carboxylic acids is 1. The molecular formula is C12H12Cl2O4. The van der Waals surface area contributed by atoms with Crippen molar-refractivity contribution in [2.24, 2.45) is 0 Å². The summed E-state index contributed by atoms with van der Waals surface area (Å²) in [5, 5.41) is 18.5. The third kappa shape index (κ3) is 3.45. The molecule has 1 aromatic rings. The SMILES string of the molecule is O=C(CCl)Cc1cccc(CCl)c1C(O)C(=O)O. The molecule has 0 aromatic heterocycles. The molecule has 2 N–H and O–H groups in total. The Balaban J connectivity index is 3.24. The van der Waals surface area contributed by atoms with E-state index in [4.69, 9.17) is 28.3 Å². The number of carboxylic acids is 1. The average Bonchev–Trinajstić information content (AvgIpc) is 2.37. The molecule has 0 bridgehead atoms. The van der Waals surface area contributed by atoms with Gasteiger partial charge in [0.25, 0.3) is 0 Å². The Hall–Kier alpha value is -1.10. The lowest BCUT2D eigenvalue weighted by molar-refractivity contribution is -0.147. The molecule has 0 aliphatic rings. The number of benzene rings is 1. The van der Waals surface area contributed by atoms with Crippen molar-refractivity contribution >= 4 is 35.0 Å². The highest BCUT2D eigenvalue weighted by atomic mass is 35.5. The largest absolute Gasteiger partial charge is 0.479 e. The highest BCUT2D eigenvalue weighted by Gasteiger charge is 2.23. The third-order valence-corrected chi connectivity index (χ3v) is 3.06. The van der Waals surface area contributed by atoms with Crippen LogP contribution >= 0.6 is 23.2 Å². The van der Waals surface area contributed by atoms with Crippen LogP contribution in [0.4, 0.5) is 0 Å². The predicted molar refractivity (Wildman–Crippen MR) is 68.0 cm³/mol. The van der Waals surface area contributed by atoms with Crippen molar-refractivity contribution in [3.05, 3.63) is 34.9 Å². The summed E-state index contributed by atoms with van der Waals surface area (Å²) in [4.78, 5) is 22.2. The number of alkyl halides is 2. The fraction of sp³-hybridized carbons (Fsp3) is 0.333. The first kappa shape index (κ1) is 15.0. The Morgan fingerprint density at radius 3 is 2.33 bits per heavy atom. The van der Waals surface area contributed by atoms with Gasteiger partial charge >= 0.3 is 5.97 Å². The van der Waals surface area contributed by atoms with Gasteiger partial charge in [0.05, 0.1) is 5.88 Å². The minimum absolute atomic E-state index is 0.0199. The van der Waals surface area contributed by atoms with Crippen molar-refractivity contribution in [2.75, 3.05) is 5.88 Å². The van der Waals surface area contributed by atoms with Crippen molar-refractivity contribution in [1.82, 2.24) is 0 Å². The molecule has 0 amide bonds. The van der Waals surface area contributed by atoms with Gasteiger partial charge in [-0.25, -0.2) is 4.79 Å². The van der Waals surface area contributed by atoms with E-state index in [9.17, 15) is 14.7 Å². The molecule has 1 aromatic carbocycles. The highest BCUT2D eigenvalue weighted by Crippen LogP contribution is 2.25. The minimum Gasteiger partial charge on any atom is -0.479 e. The molecule has 0 aliphatic heterocycles. The number of carboxylic acid groups (broad SMARTS) is 1. The van der Waals surface area contributed by atoms with Gasteiger partial charge in [-0.15, -0.1) is 23.2 Å². The molecule has 4 nitrogen and oxygen atoms in total. The summed E-state index contributed by atoms with van der Waals surface area (Å²) in [5.74, 6) is -1.73. The number of Topliss-reactive ketones (excluding diaryl/α,β-unsaturated/α-hetero) is 1. The molecule has 0 radical (unpaired) electrons. The molecule has 18 heavy (non-hydrogen) atoms. The number of rotatable bonds is 6. The van der Waals surface area contributed by atoms with Gasteiger partial charge in [0.1, 0.15) is 0 Å². The molecule has 0 fully saturated rings. The van der Waals surface area contributed by atoms with Crippen LogP contribution < -0.4 is 0 Å². The van der Waals surface area contributed by atoms with Crippen molar-refractivity contribution in [3.8, 4) is 0 Å². The number of hydrogen-bond acceptors (Lipinski definition) is 3. The summed E-state index contributed by atoms with van der Waals surface area (Å²) in [7, 11) is 0. The first-order chi connectivity index (χ1) is 8.51. The first-order valence-electron chi connectivity index (χ1n) is 5.16. The van der Waals surface area contributed by atoms with E-state index >= 15 is 0 Å². The van der Waals surface area contributed by atoms with Crippen molar-refractivity contribution < 1.29 is 19.8 Å². The van der Waals surface area contributed by atoms with Crippen LogP contribution in [0.15, 0.2) is 18.2 Å². The quantitative estimate of drug-likeness (QED) is 0.785. The van der Waals surface area contributed by atoms with Gasteiger partial charge in [0.15, 0.2) is 11.9 Å². The maximum Gasteiger partial charge on any atom is 0.337 e. The van der Waals surface area contributed by atoms with Gasteiger partial charge < -0.3 is 10.2 Å². The Labute approximate surface area is 114 Å². The van der Waals surface area contributed by atoms with Crippen LogP contribution in [0.2, 0.25) is 0 Å². The van der Waals surface area contributed by atoms with Crippen LogP contribution in [0.5, 0.6) is 0 Å². The standard InChI is InChI=1S/C12H12Cl2O4/c13-5-8-3-1-2-7(4-9(15)6-14)10(8)11(16)12(17)18/h1-3,11,16H,4-6H2,(H,17,18). The van der Waals surface area contributed by atoms with Crippen LogP contribution in [0, 0.1) is 0 Å². The molecule has 0 aliphatic carbocycles. The van der Waals surface area contributed by atoms with E-state index in [0.29, 0.717) is 11.1 Å². The summed E-state index contributed by atoms with van der Waals surface area (Å²) >= 11 is 11.1. The number of carbonyl (C=O) groups is 2. The lowest BCUT2D eigenvalue weighted by atomic mass is 9.94. The molecule has 0 spiro atoms. The Kier molecular flexibility index (Phi) is 5.59. The molecule has 0 heterocycles. The van der Waals surface area contributed by atoms with Gasteiger partial charge in [-0.3, -0.25) is 4.79 Å². The molecular weight excluding hydrogens is 279 g/mol. The maximum absolute atomic E-state index is 11.3. The molecule has 0 saturated carbocycles. The summed E-state index contributed by atoms with van der Waals surface area (Å²) in [6, 6.07) is 4.86. The van der Waals surface area contributed by atoms with Crippen LogP contribution in [0.25, 0.3) is 0 Å². The summed E-state index contributed by atoms with van der Waals surface area (Å²) in [5.41, 5.74) is 1.11. The molecule has 98 valence electrons. The lowest BCUT2D eigenvalue weighted by Crippen LogP contribution is -2.17. The number of ketones is 1. The lowest BCUT2D eigenvalue weighted by Gasteiger charge is -2.15. The summed E-state index contributed by atoms with van der Waals surface area (Å²) < 4.78 is 0. The minimum atomic E-state index is -1.70. The molecule has 6 heteroatoms. The molecule has 1 rings (SSSR count). The first-order valence-corrected chi connectivity index (χ1v) is 6.23. The van der Waals surface area contributed by atoms with E-state index in [1.54, 1.807) is 18.2 Å². The van der Waals surface area contributed by atoms with Crippen LogP contribution in [0.1, 0.15) is 22.8 Å². The highest BCUT2D eigenvalue weighted by molar-refractivity contribution is 6.27. The van der Waals surface area contributed by atoms with E-state index < -0.39 is 12.1 Å². The van der Waals surface area contributed by atoms with Crippen molar-refractivity contribution in [2.45, 2.75) is 18.4 Å². The normalized spacial score (nSPS) is 12.2. The zero-order valence-corrected chi connectivity index (χ0v) is 10.9. The number of halogens is 2. The Bertz CT molecular complexity index is 459. The molecule has 1 atom stereocenters. The second-order valence-corrected chi connectivity index (χ2v) is 4.25. The van der Waals surface area contributed by atoms with Crippen LogP contribution in [-0.2, 0) is 21.9 Å². The molecule has 1 unspecified atom stereocenters. The zero-order valence-electron chi connectivity index (χ0n) is 9.40. The fourth-order valence-electron chi connectivity index (χ4n) is 1.67. The Morgan fingerprint density at radius 1 is 1.22 bits per heavy atom. The fourth-order valence-corrected chi connectivity index (χ4v) is 2.00. The van der Waals surface area contributed by atoms with E-state index in [0.717, 1.165) is 0 Å². The number of aliphatic hydroxyl groups is 1. The van der Waals surface area contributed by atoms with E-state index in [1.165, 1.54) is 0 Å². The van der Waals surface area contributed by atoms with E-state index in [1.807, 2.05) is 0 Å². The number of hydrogen-bond donors (Lipinski definition) is 2.